The van der Waals surface area contributed by atoms with Crippen LogP contribution >= 0.6 is 0 Å². The Morgan fingerprint density at radius 3 is 1.40 bits per heavy atom. The van der Waals surface area contributed by atoms with E-state index in [4.69, 9.17) is 5.73 Å². The van der Waals surface area contributed by atoms with Crippen LogP contribution < -0.4 is 27.0 Å². The number of nitrogens with two attached hydrogens (primary N) is 1. The van der Waals surface area contributed by atoms with Crippen LogP contribution in [0.3, 0.4) is 0 Å². The van der Waals surface area contributed by atoms with Crippen molar-refractivity contribution in [3.05, 3.63) is 108 Å². The van der Waals surface area contributed by atoms with Gasteiger partial charge in [0.1, 0.15) is 18.1 Å². The van der Waals surface area contributed by atoms with E-state index in [2.05, 4.69) is 21.3 Å². The third-order valence-electron chi connectivity index (χ3n) is 6.37. The summed E-state index contributed by atoms with van der Waals surface area (Å²) in [4.78, 5) is 62.9. The number of hydrogen-bond acceptors (Lipinski definition) is 6. The number of carbonyl (C=O) groups excluding carboxylic acids is 4. The number of carboxylic acid groups (broad SMARTS) is 1. The van der Waals surface area contributed by atoms with Gasteiger partial charge in [0, 0.05) is 19.3 Å². The molecule has 3 rings (SSSR count). The second-order valence-corrected chi connectivity index (χ2v) is 9.63. The Morgan fingerprint density at radius 2 is 0.976 bits per heavy atom. The van der Waals surface area contributed by atoms with Crippen molar-refractivity contribution in [2.75, 3.05) is 13.1 Å². The highest BCUT2D eigenvalue weighted by Gasteiger charge is 2.28. The predicted molar refractivity (Wildman–Crippen MR) is 156 cm³/mol. The van der Waals surface area contributed by atoms with Gasteiger partial charge in [0.05, 0.1) is 13.1 Å². The molecule has 3 aromatic carbocycles. The van der Waals surface area contributed by atoms with E-state index >= 15 is 0 Å². The molecule has 0 heterocycles. The van der Waals surface area contributed by atoms with Crippen LogP contribution in [0, 0.1) is 0 Å². The summed E-state index contributed by atoms with van der Waals surface area (Å²) in [5, 5.41) is 19.9. The zero-order chi connectivity index (χ0) is 30.3. The summed E-state index contributed by atoms with van der Waals surface area (Å²) < 4.78 is 0. The third kappa shape index (κ3) is 10.5. The molecule has 0 bridgehead atoms. The maximum Gasteiger partial charge on any atom is 0.326 e. The number of benzene rings is 3. The van der Waals surface area contributed by atoms with E-state index in [1.807, 2.05) is 12.1 Å². The number of carboxylic acids is 1. The zero-order valence-electron chi connectivity index (χ0n) is 23.0. The van der Waals surface area contributed by atoms with E-state index < -0.39 is 54.3 Å². The SMILES string of the molecule is NCC(=O)N[C@H](Cc1ccccc1)C(=O)NCC(=O)N[C@H](Cc1ccccc1)C(=O)N[C@H](Cc1ccccc1)C(=O)O. The molecule has 0 spiro atoms. The highest BCUT2D eigenvalue weighted by atomic mass is 16.4. The van der Waals surface area contributed by atoms with Gasteiger partial charge in [-0.2, -0.15) is 0 Å². The molecule has 0 aromatic heterocycles. The van der Waals surface area contributed by atoms with Crippen LogP contribution in [0.5, 0.6) is 0 Å². The molecule has 0 aliphatic rings. The quantitative estimate of drug-likeness (QED) is 0.152. The molecule has 3 aromatic rings. The van der Waals surface area contributed by atoms with Gasteiger partial charge in [-0.25, -0.2) is 4.79 Å². The summed E-state index contributed by atoms with van der Waals surface area (Å²) >= 11 is 0. The van der Waals surface area contributed by atoms with E-state index in [1.165, 1.54) is 0 Å². The van der Waals surface area contributed by atoms with Crippen molar-refractivity contribution in [2.45, 2.75) is 37.4 Å². The van der Waals surface area contributed by atoms with Gasteiger partial charge >= 0.3 is 5.97 Å². The lowest BCUT2D eigenvalue weighted by Crippen LogP contribution is -2.55. The van der Waals surface area contributed by atoms with Crippen molar-refractivity contribution in [2.24, 2.45) is 5.73 Å². The molecular formula is C31H35N5O6. The number of aliphatic carboxylic acids is 1. The van der Waals surface area contributed by atoms with Gasteiger partial charge in [0.15, 0.2) is 0 Å². The molecule has 7 N–H and O–H groups in total. The van der Waals surface area contributed by atoms with Gasteiger partial charge in [-0.1, -0.05) is 91.0 Å². The van der Waals surface area contributed by atoms with Crippen molar-refractivity contribution >= 4 is 29.6 Å². The molecule has 42 heavy (non-hydrogen) atoms. The zero-order valence-corrected chi connectivity index (χ0v) is 23.0. The lowest BCUT2D eigenvalue weighted by molar-refractivity contribution is -0.142. The second-order valence-electron chi connectivity index (χ2n) is 9.63. The molecule has 0 aliphatic heterocycles. The number of hydrogen-bond donors (Lipinski definition) is 6. The summed E-state index contributed by atoms with van der Waals surface area (Å²) in [5.41, 5.74) is 7.66. The average Bonchev–Trinajstić information content (AvgIpc) is 3.00. The molecule has 3 atom stereocenters. The predicted octanol–water partition coefficient (Wildman–Crippen LogP) is 0.328. The lowest BCUT2D eigenvalue weighted by Gasteiger charge is -2.22. The van der Waals surface area contributed by atoms with Gasteiger partial charge in [-0.3, -0.25) is 19.2 Å². The molecule has 11 heteroatoms. The van der Waals surface area contributed by atoms with Crippen LogP contribution in [0.1, 0.15) is 16.7 Å². The Hall–Kier alpha value is -5.03. The first kappa shape index (κ1) is 31.5. The maximum absolute atomic E-state index is 13.3. The van der Waals surface area contributed by atoms with Crippen molar-refractivity contribution in [1.29, 1.82) is 0 Å². The van der Waals surface area contributed by atoms with E-state index in [1.54, 1.807) is 78.9 Å². The summed E-state index contributed by atoms with van der Waals surface area (Å²) in [7, 11) is 0. The maximum atomic E-state index is 13.3. The first-order chi connectivity index (χ1) is 20.2. The van der Waals surface area contributed by atoms with Crippen LogP contribution in [-0.4, -0.2) is 65.9 Å². The molecule has 0 unspecified atom stereocenters. The molecule has 0 fully saturated rings. The van der Waals surface area contributed by atoms with Crippen molar-refractivity contribution in [3.63, 3.8) is 0 Å². The number of amides is 4. The Morgan fingerprint density at radius 1 is 0.571 bits per heavy atom. The van der Waals surface area contributed by atoms with Gasteiger partial charge in [-0.05, 0) is 16.7 Å². The fourth-order valence-corrected chi connectivity index (χ4v) is 4.23. The fourth-order valence-electron chi connectivity index (χ4n) is 4.23. The minimum absolute atomic E-state index is 0.0568. The monoisotopic (exact) mass is 573 g/mol. The summed E-state index contributed by atoms with van der Waals surface area (Å²) in [5.74, 6) is -3.70. The van der Waals surface area contributed by atoms with E-state index in [9.17, 15) is 29.1 Å². The number of nitrogens with one attached hydrogen (secondary N) is 4. The Labute approximate surface area is 243 Å². The smallest absolute Gasteiger partial charge is 0.326 e. The molecule has 0 saturated carbocycles. The average molecular weight is 574 g/mol. The lowest BCUT2D eigenvalue weighted by atomic mass is 10.0. The number of carbonyl (C=O) groups is 5. The van der Waals surface area contributed by atoms with E-state index in [-0.39, 0.29) is 25.8 Å². The van der Waals surface area contributed by atoms with Gasteiger partial charge in [0.2, 0.25) is 23.6 Å². The van der Waals surface area contributed by atoms with Gasteiger partial charge in [-0.15, -0.1) is 0 Å². The molecule has 220 valence electrons. The topological polar surface area (TPSA) is 180 Å². The van der Waals surface area contributed by atoms with Crippen LogP contribution in [0.4, 0.5) is 0 Å². The van der Waals surface area contributed by atoms with Crippen molar-refractivity contribution < 1.29 is 29.1 Å². The van der Waals surface area contributed by atoms with Crippen molar-refractivity contribution in [3.8, 4) is 0 Å². The molecule has 0 aliphatic carbocycles. The Bertz CT molecular complexity index is 1340. The van der Waals surface area contributed by atoms with E-state index in [0.29, 0.717) is 0 Å². The minimum atomic E-state index is -1.22. The largest absolute Gasteiger partial charge is 0.480 e. The minimum Gasteiger partial charge on any atom is -0.480 e. The van der Waals surface area contributed by atoms with Crippen LogP contribution in [-0.2, 0) is 43.2 Å². The first-order valence-corrected chi connectivity index (χ1v) is 13.5. The Balaban J connectivity index is 1.67. The molecular weight excluding hydrogens is 538 g/mol. The molecule has 0 saturated heterocycles. The van der Waals surface area contributed by atoms with Crippen LogP contribution in [0.15, 0.2) is 91.0 Å². The van der Waals surface area contributed by atoms with Crippen molar-refractivity contribution in [1.82, 2.24) is 21.3 Å². The normalized spacial score (nSPS) is 12.7. The molecule has 11 nitrogen and oxygen atoms in total. The highest BCUT2D eigenvalue weighted by molar-refractivity contribution is 5.94. The van der Waals surface area contributed by atoms with E-state index in [0.717, 1.165) is 16.7 Å². The fraction of sp³-hybridized carbons (Fsp3) is 0.258. The third-order valence-corrected chi connectivity index (χ3v) is 6.37. The van der Waals surface area contributed by atoms with Crippen LogP contribution in [0.25, 0.3) is 0 Å². The second kappa shape index (κ2) is 16.3. The standard InChI is InChI=1S/C31H35N5O6/c32-19-27(37)34-24(16-21-10-4-1-5-11-21)29(39)33-20-28(38)35-25(17-22-12-6-2-7-13-22)30(40)36-26(31(41)42)18-23-14-8-3-9-15-23/h1-15,24-26H,16-20,32H2,(H,33,39)(H,34,37)(H,35,38)(H,36,40)(H,41,42)/t24-,25-,26-/m1/s1. The Kier molecular flexibility index (Phi) is 12.2. The number of rotatable bonds is 15. The van der Waals surface area contributed by atoms with Gasteiger partial charge in [0.25, 0.3) is 0 Å². The summed E-state index contributed by atoms with van der Waals surface area (Å²) in [6.45, 7) is -0.787. The molecule has 0 radical (unpaired) electrons. The van der Waals surface area contributed by atoms with Crippen LogP contribution in [0.2, 0.25) is 0 Å². The summed E-state index contributed by atoms with van der Waals surface area (Å²) in [6, 6.07) is 23.5. The molecule has 4 amide bonds. The van der Waals surface area contributed by atoms with Gasteiger partial charge < -0.3 is 32.1 Å². The highest BCUT2D eigenvalue weighted by Crippen LogP contribution is 2.08. The summed E-state index contributed by atoms with van der Waals surface area (Å²) in [6.07, 6.45) is 0.325. The first-order valence-electron chi connectivity index (χ1n) is 13.5.